The Hall–Kier alpha value is -2.90. The molecule has 1 aromatic carbocycles. The minimum atomic E-state index is -2.99. The van der Waals surface area contributed by atoms with Crippen molar-refractivity contribution in [3.05, 3.63) is 53.0 Å². The lowest BCUT2D eigenvalue weighted by Crippen LogP contribution is -2.19. The molecule has 0 spiro atoms. The summed E-state index contributed by atoms with van der Waals surface area (Å²) in [5, 5.41) is 0.826. The van der Waals surface area contributed by atoms with E-state index in [1.165, 1.54) is 6.07 Å². The predicted molar refractivity (Wildman–Crippen MR) is 95.3 cm³/mol. The Bertz CT molecular complexity index is 988. The zero-order valence-corrected chi connectivity index (χ0v) is 14.7. The van der Waals surface area contributed by atoms with Crippen molar-refractivity contribution < 1.29 is 17.9 Å². The van der Waals surface area contributed by atoms with Crippen LogP contribution in [0.4, 0.5) is 13.2 Å². The van der Waals surface area contributed by atoms with Crippen LogP contribution in [-0.2, 0) is 6.54 Å². The van der Waals surface area contributed by atoms with Gasteiger partial charge in [-0.25, -0.2) is 14.4 Å². The lowest BCUT2D eigenvalue weighted by molar-refractivity contribution is -0.0503. The Labute approximate surface area is 153 Å². The molecule has 0 aliphatic rings. The van der Waals surface area contributed by atoms with Gasteiger partial charge in [0, 0.05) is 12.7 Å². The summed E-state index contributed by atoms with van der Waals surface area (Å²) in [4.78, 5) is 20.3. The summed E-state index contributed by atoms with van der Waals surface area (Å²) in [6.45, 7) is -0.328. The van der Waals surface area contributed by atoms with E-state index in [1.807, 2.05) is 0 Å². The van der Waals surface area contributed by atoms with Gasteiger partial charge in [-0.05, 0) is 30.0 Å². The molecule has 3 rings (SSSR count). The molecule has 0 unspecified atom stereocenters. The second-order valence-electron chi connectivity index (χ2n) is 6.06. The Morgan fingerprint density at radius 3 is 2.59 bits per heavy atom. The van der Waals surface area contributed by atoms with Crippen molar-refractivity contribution in [1.82, 2.24) is 14.5 Å². The van der Waals surface area contributed by atoms with E-state index in [2.05, 4.69) is 21.6 Å². The molecule has 0 radical (unpaired) electrons. The first kappa shape index (κ1) is 18.9. The molecule has 8 heteroatoms. The fourth-order valence-corrected chi connectivity index (χ4v) is 2.80. The fraction of sp³-hybridized carbons (Fsp3) is 0.316. The molecule has 2 heterocycles. The van der Waals surface area contributed by atoms with Crippen LogP contribution in [0.1, 0.15) is 26.2 Å². The number of aryl methyl sites for hydroxylation is 1. The number of alkyl halides is 2. The summed E-state index contributed by atoms with van der Waals surface area (Å²) in [7, 11) is 0. The fourth-order valence-electron chi connectivity index (χ4n) is 2.80. The first-order valence-electron chi connectivity index (χ1n) is 8.59. The van der Waals surface area contributed by atoms with Crippen LogP contribution in [-0.4, -0.2) is 21.1 Å². The Morgan fingerprint density at radius 1 is 1.19 bits per heavy atom. The van der Waals surface area contributed by atoms with Gasteiger partial charge < -0.3 is 9.30 Å². The van der Waals surface area contributed by atoms with Gasteiger partial charge in [-0.2, -0.15) is 8.78 Å². The second-order valence-corrected chi connectivity index (χ2v) is 6.06. The van der Waals surface area contributed by atoms with Crippen LogP contribution in [0.25, 0.3) is 22.2 Å². The largest absolute Gasteiger partial charge is 0.432 e. The first-order chi connectivity index (χ1) is 13.0. The van der Waals surface area contributed by atoms with E-state index in [0.717, 1.165) is 37.7 Å². The molecule has 142 valence electrons. The molecule has 0 bridgehead atoms. The van der Waals surface area contributed by atoms with Gasteiger partial charge in [-0.1, -0.05) is 19.8 Å². The third-order valence-electron chi connectivity index (χ3n) is 4.16. The van der Waals surface area contributed by atoms with Gasteiger partial charge in [0.25, 0.3) is 5.56 Å². The summed E-state index contributed by atoms with van der Waals surface area (Å²) in [6.07, 6.45) is 6.71. The van der Waals surface area contributed by atoms with Crippen molar-refractivity contribution >= 4 is 10.8 Å². The topological polar surface area (TPSA) is 57.0 Å². The molecule has 0 saturated heterocycles. The minimum absolute atomic E-state index is 0.0168. The summed E-state index contributed by atoms with van der Waals surface area (Å²) in [5.74, 6) is -0.860. The lowest BCUT2D eigenvalue weighted by atomic mass is 10.1. The SMILES string of the molecule is CCCCCn1ccc2cc(-c3ncc(OC(F)F)cn3)c(F)cc2c1=O. The van der Waals surface area contributed by atoms with Gasteiger partial charge in [0.1, 0.15) is 5.82 Å². The molecule has 0 aliphatic heterocycles. The highest BCUT2D eigenvalue weighted by molar-refractivity contribution is 5.85. The molecular weight excluding hydrogens is 359 g/mol. The van der Waals surface area contributed by atoms with Crippen molar-refractivity contribution in [2.45, 2.75) is 39.3 Å². The third-order valence-corrected chi connectivity index (χ3v) is 4.16. The van der Waals surface area contributed by atoms with E-state index >= 15 is 0 Å². The molecule has 0 N–H and O–H groups in total. The monoisotopic (exact) mass is 377 g/mol. The number of fused-ring (bicyclic) bond motifs is 1. The van der Waals surface area contributed by atoms with Crippen LogP contribution in [0.2, 0.25) is 0 Å². The van der Waals surface area contributed by atoms with Crippen LogP contribution < -0.4 is 10.3 Å². The molecule has 27 heavy (non-hydrogen) atoms. The minimum Gasteiger partial charge on any atom is -0.432 e. The smallest absolute Gasteiger partial charge is 0.387 e. The lowest BCUT2D eigenvalue weighted by Gasteiger charge is -2.09. The van der Waals surface area contributed by atoms with E-state index in [0.29, 0.717) is 11.9 Å². The number of hydrogen-bond donors (Lipinski definition) is 0. The zero-order chi connectivity index (χ0) is 19.4. The number of rotatable bonds is 7. The van der Waals surface area contributed by atoms with Crippen LogP contribution in [0.15, 0.2) is 41.6 Å². The molecule has 5 nitrogen and oxygen atoms in total. The van der Waals surface area contributed by atoms with Gasteiger partial charge in [0.05, 0.1) is 23.3 Å². The molecule has 0 fully saturated rings. The molecule has 0 aliphatic carbocycles. The third kappa shape index (κ3) is 4.27. The number of unbranched alkanes of at least 4 members (excludes halogenated alkanes) is 2. The molecule has 3 aromatic rings. The van der Waals surface area contributed by atoms with Gasteiger partial charge in [0.2, 0.25) is 0 Å². The maximum atomic E-state index is 14.6. The van der Waals surface area contributed by atoms with E-state index in [-0.39, 0.29) is 28.1 Å². The number of aromatic nitrogens is 3. The Morgan fingerprint density at radius 2 is 1.93 bits per heavy atom. The van der Waals surface area contributed by atoms with Gasteiger partial charge >= 0.3 is 6.61 Å². The van der Waals surface area contributed by atoms with Gasteiger partial charge in [-0.3, -0.25) is 4.79 Å². The summed E-state index contributed by atoms with van der Waals surface area (Å²) >= 11 is 0. The standard InChI is InChI=1S/C19H18F3N3O2/c1-2-3-4-6-25-7-5-12-8-15(16(20)9-14(12)18(25)26)17-23-10-13(11-24-17)27-19(21)22/h5,7-11,19H,2-4,6H2,1H3. The van der Waals surface area contributed by atoms with Crippen LogP contribution in [0.5, 0.6) is 5.75 Å². The van der Waals surface area contributed by atoms with E-state index < -0.39 is 12.4 Å². The Kier molecular flexibility index (Phi) is 5.73. The normalized spacial score (nSPS) is 11.3. The van der Waals surface area contributed by atoms with Crippen molar-refractivity contribution in [2.75, 3.05) is 0 Å². The Balaban J connectivity index is 1.95. The van der Waals surface area contributed by atoms with Crippen LogP contribution in [0.3, 0.4) is 0 Å². The highest BCUT2D eigenvalue weighted by atomic mass is 19.3. The van der Waals surface area contributed by atoms with Gasteiger partial charge in [-0.15, -0.1) is 0 Å². The van der Waals surface area contributed by atoms with Crippen molar-refractivity contribution in [3.8, 4) is 17.1 Å². The highest BCUT2D eigenvalue weighted by Crippen LogP contribution is 2.25. The summed E-state index contributed by atoms with van der Waals surface area (Å²) < 4.78 is 44.7. The van der Waals surface area contributed by atoms with Crippen molar-refractivity contribution in [1.29, 1.82) is 0 Å². The molecular formula is C19H18F3N3O2. The average Bonchev–Trinajstić information content (AvgIpc) is 2.64. The number of pyridine rings is 1. The number of nitrogens with zero attached hydrogens (tertiary/aromatic N) is 3. The van der Waals surface area contributed by atoms with Crippen LogP contribution in [0, 0.1) is 5.82 Å². The molecule has 0 saturated carbocycles. The van der Waals surface area contributed by atoms with Crippen LogP contribution >= 0.6 is 0 Å². The number of ether oxygens (including phenoxy) is 1. The van der Waals surface area contributed by atoms with E-state index in [1.54, 1.807) is 16.8 Å². The summed E-state index contributed by atoms with van der Waals surface area (Å²) in [5.41, 5.74) is -0.176. The van der Waals surface area contributed by atoms with Gasteiger partial charge in [0.15, 0.2) is 11.6 Å². The quantitative estimate of drug-likeness (QED) is 0.573. The number of hydrogen-bond acceptors (Lipinski definition) is 4. The van der Waals surface area contributed by atoms with E-state index in [9.17, 15) is 18.0 Å². The van der Waals surface area contributed by atoms with Crippen molar-refractivity contribution in [2.24, 2.45) is 0 Å². The second kappa shape index (κ2) is 8.20. The van der Waals surface area contributed by atoms with E-state index in [4.69, 9.17) is 0 Å². The highest BCUT2D eigenvalue weighted by Gasteiger charge is 2.13. The van der Waals surface area contributed by atoms with Crippen molar-refractivity contribution in [3.63, 3.8) is 0 Å². The zero-order valence-electron chi connectivity index (χ0n) is 14.7. The average molecular weight is 377 g/mol. The maximum Gasteiger partial charge on any atom is 0.387 e. The number of halogens is 3. The molecule has 0 amide bonds. The first-order valence-corrected chi connectivity index (χ1v) is 8.59. The summed E-state index contributed by atoms with van der Waals surface area (Å²) in [6, 6.07) is 4.38. The molecule has 0 atom stereocenters. The number of benzene rings is 1. The molecule has 2 aromatic heterocycles. The maximum absolute atomic E-state index is 14.6. The predicted octanol–water partition coefficient (Wildman–Crippen LogP) is 4.39.